The van der Waals surface area contributed by atoms with Gasteiger partial charge in [-0.1, -0.05) is 54.6 Å². The van der Waals surface area contributed by atoms with Crippen molar-refractivity contribution in [2.75, 3.05) is 11.9 Å². The van der Waals surface area contributed by atoms with Gasteiger partial charge in [0.15, 0.2) is 0 Å². The molecule has 3 amide bonds. The molecular weight excluding hydrogens is 417 g/mol. The van der Waals surface area contributed by atoms with Crippen molar-refractivity contribution in [3.63, 3.8) is 0 Å². The lowest BCUT2D eigenvalue weighted by Crippen LogP contribution is -2.42. The molecule has 3 rings (SSSR count). The van der Waals surface area contributed by atoms with Crippen molar-refractivity contribution in [2.45, 2.75) is 39.4 Å². The highest BCUT2D eigenvalue weighted by Crippen LogP contribution is 2.21. The number of hydrogen-bond donors (Lipinski definition) is 1. The van der Waals surface area contributed by atoms with Crippen molar-refractivity contribution >= 4 is 17.6 Å². The van der Waals surface area contributed by atoms with Gasteiger partial charge in [0.2, 0.25) is 5.91 Å². The third-order valence-corrected chi connectivity index (χ3v) is 5.18. The predicted molar refractivity (Wildman–Crippen MR) is 129 cm³/mol. The fraction of sp³-hybridized carbons (Fsp3) is 0.259. The van der Waals surface area contributed by atoms with E-state index in [-0.39, 0.29) is 36.8 Å². The molecule has 0 unspecified atom stereocenters. The van der Waals surface area contributed by atoms with Gasteiger partial charge < -0.3 is 10.2 Å². The molecule has 1 N–H and O–H groups in total. The highest BCUT2D eigenvalue weighted by molar-refractivity contribution is 5.92. The predicted octanol–water partition coefficient (Wildman–Crippen LogP) is 5.15. The standard InChI is InChI=1S/C27H30FN3O2/c1-20(2)29-27(33)31(19-22-12-14-24(28)15-13-22)25-11-7-10-23(16-25)17-26(32)30(3)18-21-8-5-4-6-9-21/h4-16,20H,17-19H2,1-3H3,(H,29,33). The van der Waals surface area contributed by atoms with Gasteiger partial charge in [-0.2, -0.15) is 0 Å². The molecule has 0 aliphatic rings. The summed E-state index contributed by atoms with van der Waals surface area (Å²) in [5.41, 5.74) is 3.37. The number of carbonyl (C=O) groups excluding carboxylic acids is 2. The Morgan fingerprint density at radius 1 is 0.848 bits per heavy atom. The van der Waals surface area contributed by atoms with E-state index in [1.807, 2.05) is 68.4 Å². The van der Waals surface area contributed by atoms with E-state index in [9.17, 15) is 14.0 Å². The maximum Gasteiger partial charge on any atom is 0.322 e. The number of likely N-dealkylation sites (N-methyl/N-ethyl adjacent to an activating group) is 1. The molecule has 0 bridgehead atoms. The second-order valence-corrected chi connectivity index (χ2v) is 8.40. The van der Waals surface area contributed by atoms with Crippen LogP contribution in [0.4, 0.5) is 14.9 Å². The topological polar surface area (TPSA) is 52.7 Å². The largest absolute Gasteiger partial charge is 0.341 e. The molecule has 0 saturated carbocycles. The number of amides is 3. The molecule has 0 atom stereocenters. The number of halogens is 1. The minimum absolute atomic E-state index is 0.00674. The SMILES string of the molecule is CC(C)NC(=O)N(Cc1ccc(F)cc1)c1cccc(CC(=O)N(C)Cc2ccccc2)c1. The van der Waals surface area contributed by atoms with Gasteiger partial charge in [-0.05, 0) is 54.8 Å². The normalized spacial score (nSPS) is 10.7. The van der Waals surface area contributed by atoms with Crippen LogP contribution in [-0.2, 0) is 24.3 Å². The lowest BCUT2D eigenvalue weighted by atomic mass is 10.1. The second kappa shape index (κ2) is 11.3. The van der Waals surface area contributed by atoms with Gasteiger partial charge in [0.1, 0.15) is 5.82 Å². The highest BCUT2D eigenvalue weighted by atomic mass is 19.1. The molecule has 172 valence electrons. The number of hydrogen-bond acceptors (Lipinski definition) is 2. The Balaban J connectivity index is 1.76. The van der Waals surface area contributed by atoms with Crippen molar-refractivity contribution in [1.29, 1.82) is 0 Å². The van der Waals surface area contributed by atoms with Crippen LogP contribution in [0.25, 0.3) is 0 Å². The minimum Gasteiger partial charge on any atom is -0.341 e. The Kier molecular flexibility index (Phi) is 8.19. The van der Waals surface area contributed by atoms with Crippen molar-refractivity contribution in [2.24, 2.45) is 0 Å². The third kappa shape index (κ3) is 7.17. The number of carbonyl (C=O) groups is 2. The van der Waals surface area contributed by atoms with Gasteiger partial charge in [0.05, 0.1) is 13.0 Å². The quantitative estimate of drug-likeness (QED) is 0.519. The van der Waals surface area contributed by atoms with E-state index >= 15 is 0 Å². The molecule has 0 saturated heterocycles. The van der Waals surface area contributed by atoms with E-state index in [2.05, 4.69) is 5.32 Å². The van der Waals surface area contributed by atoms with Crippen molar-refractivity contribution in [1.82, 2.24) is 10.2 Å². The molecule has 33 heavy (non-hydrogen) atoms. The molecule has 3 aromatic rings. The number of nitrogens with zero attached hydrogens (tertiary/aromatic N) is 2. The van der Waals surface area contributed by atoms with Crippen LogP contribution in [0.15, 0.2) is 78.9 Å². The average molecular weight is 448 g/mol. The molecule has 6 heteroatoms. The van der Waals surface area contributed by atoms with Gasteiger partial charge in [0, 0.05) is 25.3 Å². The molecule has 0 heterocycles. The van der Waals surface area contributed by atoms with Crippen LogP contribution in [-0.4, -0.2) is 29.9 Å². The van der Waals surface area contributed by atoms with Crippen LogP contribution in [0.5, 0.6) is 0 Å². The van der Waals surface area contributed by atoms with Gasteiger partial charge in [-0.15, -0.1) is 0 Å². The Labute approximate surface area is 194 Å². The van der Waals surface area contributed by atoms with Gasteiger partial charge >= 0.3 is 6.03 Å². The Morgan fingerprint density at radius 3 is 2.15 bits per heavy atom. The summed E-state index contributed by atoms with van der Waals surface area (Å²) in [4.78, 5) is 29.0. The van der Waals surface area contributed by atoms with Crippen LogP contribution >= 0.6 is 0 Å². The van der Waals surface area contributed by atoms with Crippen molar-refractivity contribution in [3.8, 4) is 0 Å². The van der Waals surface area contributed by atoms with Crippen LogP contribution in [0.1, 0.15) is 30.5 Å². The second-order valence-electron chi connectivity index (χ2n) is 8.40. The first-order chi connectivity index (χ1) is 15.8. The molecule has 0 aliphatic carbocycles. The summed E-state index contributed by atoms with van der Waals surface area (Å²) in [6, 6.07) is 23.1. The summed E-state index contributed by atoms with van der Waals surface area (Å²) < 4.78 is 13.3. The summed E-state index contributed by atoms with van der Waals surface area (Å²) in [7, 11) is 1.79. The highest BCUT2D eigenvalue weighted by Gasteiger charge is 2.18. The summed E-state index contributed by atoms with van der Waals surface area (Å²) in [5.74, 6) is -0.329. The lowest BCUT2D eigenvalue weighted by molar-refractivity contribution is -0.129. The first kappa shape index (κ1) is 24.0. The van der Waals surface area contributed by atoms with E-state index in [1.54, 1.807) is 29.0 Å². The molecule has 5 nitrogen and oxygen atoms in total. The van der Waals surface area contributed by atoms with E-state index in [1.165, 1.54) is 12.1 Å². The minimum atomic E-state index is -0.322. The molecule has 0 aliphatic heterocycles. The number of anilines is 1. The van der Waals surface area contributed by atoms with Crippen LogP contribution in [0, 0.1) is 5.82 Å². The Hall–Kier alpha value is -3.67. The van der Waals surface area contributed by atoms with Crippen LogP contribution in [0.3, 0.4) is 0 Å². The van der Waals surface area contributed by atoms with E-state index in [0.29, 0.717) is 12.2 Å². The van der Waals surface area contributed by atoms with Crippen molar-refractivity contribution < 1.29 is 14.0 Å². The van der Waals surface area contributed by atoms with E-state index in [4.69, 9.17) is 0 Å². The number of nitrogens with one attached hydrogen (secondary N) is 1. The fourth-order valence-electron chi connectivity index (χ4n) is 3.47. The summed E-state index contributed by atoms with van der Waals surface area (Å²) >= 11 is 0. The molecular formula is C27H30FN3O2. The van der Waals surface area contributed by atoms with Crippen molar-refractivity contribution in [3.05, 3.63) is 101 Å². The smallest absolute Gasteiger partial charge is 0.322 e. The summed E-state index contributed by atoms with van der Waals surface area (Å²) in [6.07, 6.45) is 0.230. The monoisotopic (exact) mass is 447 g/mol. The maximum absolute atomic E-state index is 13.3. The zero-order chi connectivity index (χ0) is 23.8. The van der Waals surface area contributed by atoms with Crippen LogP contribution < -0.4 is 10.2 Å². The summed E-state index contributed by atoms with van der Waals surface area (Å²) in [6.45, 7) is 4.61. The average Bonchev–Trinajstić information content (AvgIpc) is 2.79. The molecule has 3 aromatic carbocycles. The summed E-state index contributed by atoms with van der Waals surface area (Å²) in [5, 5.41) is 2.92. The number of benzene rings is 3. The first-order valence-electron chi connectivity index (χ1n) is 11.0. The number of urea groups is 1. The lowest BCUT2D eigenvalue weighted by Gasteiger charge is -2.25. The van der Waals surface area contributed by atoms with Crippen LogP contribution in [0.2, 0.25) is 0 Å². The van der Waals surface area contributed by atoms with E-state index in [0.717, 1.165) is 16.7 Å². The molecule has 0 spiro atoms. The first-order valence-corrected chi connectivity index (χ1v) is 11.0. The zero-order valence-corrected chi connectivity index (χ0v) is 19.3. The fourth-order valence-corrected chi connectivity index (χ4v) is 3.47. The Morgan fingerprint density at radius 2 is 1.48 bits per heavy atom. The van der Waals surface area contributed by atoms with E-state index < -0.39 is 0 Å². The van der Waals surface area contributed by atoms with Gasteiger partial charge in [-0.25, -0.2) is 9.18 Å². The maximum atomic E-state index is 13.3. The zero-order valence-electron chi connectivity index (χ0n) is 19.3. The molecule has 0 aromatic heterocycles. The molecule has 0 radical (unpaired) electrons. The number of rotatable bonds is 8. The third-order valence-electron chi connectivity index (χ3n) is 5.18. The van der Waals surface area contributed by atoms with Gasteiger partial charge in [0.25, 0.3) is 0 Å². The molecule has 0 fully saturated rings. The van der Waals surface area contributed by atoms with Gasteiger partial charge in [-0.3, -0.25) is 9.69 Å². The Bertz CT molecular complexity index is 1070.